The number of sulfonamides is 1. The molecule has 1 aliphatic rings. The number of likely N-dealkylation sites (tertiary alicyclic amines) is 1. The monoisotopic (exact) mass is 511 g/mol. The number of ether oxygens (including phenoxy) is 1. The molecule has 1 aromatic heterocycles. The maximum Gasteiger partial charge on any atom is 0.274 e. The molecule has 1 aliphatic heterocycles. The number of hydrogen-bond donors (Lipinski definition) is 0. The Kier molecular flexibility index (Phi) is 7.69. The Morgan fingerprint density at radius 3 is 2.40 bits per heavy atom. The zero-order chi connectivity index (χ0) is 25.0. The van der Waals surface area contributed by atoms with Gasteiger partial charge in [-0.25, -0.2) is 13.4 Å². The first kappa shape index (κ1) is 25.1. The van der Waals surface area contributed by atoms with Crippen molar-refractivity contribution >= 4 is 37.5 Å². The minimum atomic E-state index is -3.70. The van der Waals surface area contributed by atoms with E-state index in [9.17, 15) is 13.2 Å². The number of carbonyl (C=O) groups excluding carboxylic acids is 1. The van der Waals surface area contributed by atoms with E-state index in [2.05, 4.69) is 18.1 Å². The van der Waals surface area contributed by atoms with Crippen LogP contribution >= 0.6 is 11.3 Å². The lowest BCUT2D eigenvalue weighted by Gasteiger charge is -2.31. The fourth-order valence-electron chi connectivity index (χ4n) is 4.10. The Bertz CT molecular complexity index is 1310. The predicted octanol–water partition coefficient (Wildman–Crippen LogP) is 4.65. The first-order valence-corrected chi connectivity index (χ1v) is 13.7. The van der Waals surface area contributed by atoms with Gasteiger partial charge in [-0.3, -0.25) is 4.79 Å². The second-order valence-electron chi connectivity index (χ2n) is 8.43. The van der Waals surface area contributed by atoms with Crippen molar-refractivity contribution in [1.29, 1.82) is 0 Å². The van der Waals surface area contributed by atoms with E-state index < -0.39 is 10.0 Å². The van der Waals surface area contributed by atoms with Gasteiger partial charge >= 0.3 is 0 Å². The molecule has 9 heteroatoms. The van der Waals surface area contributed by atoms with E-state index in [4.69, 9.17) is 4.74 Å². The molecule has 0 bridgehead atoms. The third kappa shape index (κ3) is 5.47. The number of aryl methyl sites for hydroxylation is 1. The Morgan fingerprint density at radius 1 is 1.14 bits per heavy atom. The number of hydrogen-bond acceptors (Lipinski definition) is 6. The molecular weight excluding hydrogens is 482 g/mol. The van der Waals surface area contributed by atoms with Crippen LogP contribution in [0.4, 0.5) is 0 Å². The number of carbonyl (C=O) groups is 1. The lowest BCUT2D eigenvalue weighted by atomic mass is 10.1. The maximum absolute atomic E-state index is 13.0. The summed E-state index contributed by atoms with van der Waals surface area (Å²) in [6.07, 6.45) is 4.50. The van der Waals surface area contributed by atoms with E-state index >= 15 is 0 Å². The first-order chi connectivity index (χ1) is 16.8. The number of thiazole rings is 1. The molecule has 0 spiro atoms. The van der Waals surface area contributed by atoms with Crippen molar-refractivity contribution in [3.8, 4) is 5.19 Å². The number of benzene rings is 2. The van der Waals surface area contributed by atoms with E-state index in [1.165, 1.54) is 28.6 Å². The maximum atomic E-state index is 13.0. The molecule has 3 aromatic rings. The molecule has 184 valence electrons. The molecule has 1 saturated heterocycles. The average molecular weight is 512 g/mol. The molecule has 1 amide bonds. The molecule has 1 fully saturated rings. The van der Waals surface area contributed by atoms with Gasteiger partial charge in [0.2, 0.25) is 10.0 Å². The van der Waals surface area contributed by atoms with Gasteiger partial charge in [-0.2, -0.15) is 4.31 Å². The number of para-hydroxylation sites is 1. The summed E-state index contributed by atoms with van der Waals surface area (Å²) in [5, 5.41) is 0.665. The molecule has 0 radical (unpaired) electrons. The van der Waals surface area contributed by atoms with E-state index in [1.54, 1.807) is 28.4 Å². The number of fused-ring (bicyclic) bond motifs is 1. The van der Waals surface area contributed by atoms with Crippen molar-refractivity contribution in [3.05, 3.63) is 78.9 Å². The van der Waals surface area contributed by atoms with Crippen molar-refractivity contribution in [3.63, 3.8) is 0 Å². The molecule has 0 N–H and O–H groups in total. The summed E-state index contributed by atoms with van der Waals surface area (Å²) < 4.78 is 34.3. The van der Waals surface area contributed by atoms with Crippen LogP contribution in [0.3, 0.4) is 0 Å². The Morgan fingerprint density at radius 2 is 1.80 bits per heavy atom. The predicted molar refractivity (Wildman–Crippen MR) is 140 cm³/mol. The normalized spacial score (nSPS) is 14.9. The van der Waals surface area contributed by atoms with Crippen LogP contribution in [0.2, 0.25) is 0 Å². The van der Waals surface area contributed by atoms with Crippen LogP contribution in [0.15, 0.2) is 72.7 Å². The lowest BCUT2D eigenvalue weighted by Crippen LogP contribution is -2.41. The lowest BCUT2D eigenvalue weighted by molar-refractivity contribution is 0.0595. The summed E-state index contributed by atoms with van der Waals surface area (Å²) in [6.45, 7) is 10.8. The molecule has 7 nitrogen and oxygen atoms in total. The van der Waals surface area contributed by atoms with Gasteiger partial charge in [0.1, 0.15) is 6.10 Å². The van der Waals surface area contributed by atoms with E-state index in [0.29, 0.717) is 36.7 Å². The van der Waals surface area contributed by atoms with Gasteiger partial charge in [-0.15, -0.1) is 13.2 Å². The van der Waals surface area contributed by atoms with Crippen LogP contribution in [0.1, 0.15) is 28.8 Å². The summed E-state index contributed by atoms with van der Waals surface area (Å²) in [5.41, 5.74) is 2.56. The van der Waals surface area contributed by atoms with Crippen LogP contribution in [0.25, 0.3) is 10.2 Å². The van der Waals surface area contributed by atoms with E-state index in [-0.39, 0.29) is 30.0 Å². The molecule has 35 heavy (non-hydrogen) atoms. The van der Waals surface area contributed by atoms with E-state index in [0.717, 1.165) is 15.8 Å². The number of nitrogens with zero attached hydrogens (tertiary/aromatic N) is 3. The topological polar surface area (TPSA) is 79.8 Å². The minimum absolute atomic E-state index is 0.00754. The highest BCUT2D eigenvalue weighted by atomic mass is 32.2. The Hall–Kier alpha value is -3.01. The van der Waals surface area contributed by atoms with Gasteiger partial charge < -0.3 is 9.64 Å². The molecule has 0 aliphatic carbocycles. The van der Waals surface area contributed by atoms with Crippen LogP contribution in [0.5, 0.6) is 5.19 Å². The summed E-state index contributed by atoms with van der Waals surface area (Å²) in [6, 6.07) is 12.2. The van der Waals surface area contributed by atoms with Gasteiger partial charge in [-0.05, 0) is 42.8 Å². The van der Waals surface area contributed by atoms with Gasteiger partial charge in [0, 0.05) is 44.6 Å². The summed E-state index contributed by atoms with van der Waals surface area (Å²) in [7, 11) is -3.70. The van der Waals surface area contributed by atoms with Gasteiger partial charge in [-0.1, -0.05) is 35.6 Å². The second kappa shape index (κ2) is 10.7. The van der Waals surface area contributed by atoms with E-state index in [1.807, 2.05) is 25.1 Å². The SMILES string of the molecule is C=CCN(CC=C)S(=O)(=O)c1ccc(C(=O)N2CCC(Oc3nc4c(C)cccc4s3)CC2)cc1. The van der Waals surface area contributed by atoms with Crippen molar-refractivity contribution in [1.82, 2.24) is 14.2 Å². The fraction of sp³-hybridized carbons (Fsp3) is 0.308. The van der Waals surface area contributed by atoms with Crippen LogP contribution < -0.4 is 4.74 Å². The molecule has 0 atom stereocenters. The standard InChI is InChI=1S/C26H29N3O4S2/c1-4-15-29(16-5-2)35(31,32)22-11-9-20(10-12-22)25(30)28-17-13-21(14-18-28)33-26-27-24-19(3)7-6-8-23(24)34-26/h4-12,21H,1-2,13-18H2,3H3. The molecular formula is C26H29N3O4S2. The quantitative estimate of drug-likeness (QED) is 0.391. The second-order valence-corrected chi connectivity index (χ2v) is 11.4. The highest BCUT2D eigenvalue weighted by molar-refractivity contribution is 7.89. The highest BCUT2D eigenvalue weighted by Gasteiger charge is 2.27. The van der Waals surface area contributed by atoms with Gasteiger partial charge in [0.25, 0.3) is 11.1 Å². The summed E-state index contributed by atoms with van der Waals surface area (Å²) >= 11 is 1.54. The summed E-state index contributed by atoms with van der Waals surface area (Å²) in [4.78, 5) is 19.6. The first-order valence-electron chi connectivity index (χ1n) is 11.5. The van der Waals surface area contributed by atoms with Gasteiger partial charge in [0.15, 0.2) is 0 Å². The van der Waals surface area contributed by atoms with Crippen molar-refractivity contribution in [2.24, 2.45) is 0 Å². The molecule has 2 heterocycles. The largest absolute Gasteiger partial charge is 0.467 e. The number of aromatic nitrogens is 1. The zero-order valence-electron chi connectivity index (χ0n) is 19.7. The number of rotatable bonds is 9. The smallest absolute Gasteiger partial charge is 0.274 e. The number of piperidine rings is 1. The van der Waals surface area contributed by atoms with Crippen molar-refractivity contribution in [2.45, 2.75) is 30.8 Å². The molecule has 2 aromatic carbocycles. The molecule has 0 saturated carbocycles. The Balaban J connectivity index is 1.37. The molecule has 0 unspecified atom stereocenters. The number of amides is 1. The van der Waals surface area contributed by atoms with Crippen molar-refractivity contribution in [2.75, 3.05) is 26.2 Å². The highest BCUT2D eigenvalue weighted by Crippen LogP contribution is 2.31. The fourth-order valence-corrected chi connectivity index (χ4v) is 6.44. The zero-order valence-corrected chi connectivity index (χ0v) is 21.4. The average Bonchev–Trinajstić information content (AvgIpc) is 3.28. The van der Waals surface area contributed by atoms with Crippen LogP contribution in [-0.2, 0) is 10.0 Å². The molecule has 4 rings (SSSR count). The van der Waals surface area contributed by atoms with Crippen molar-refractivity contribution < 1.29 is 17.9 Å². The third-order valence-electron chi connectivity index (χ3n) is 6.00. The van der Waals surface area contributed by atoms with Crippen LogP contribution in [-0.4, -0.2) is 60.8 Å². The summed E-state index contributed by atoms with van der Waals surface area (Å²) in [5.74, 6) is -0.114. The van der Waals surface area contributed by atoms with Gasteiger partial charge in [0.05, 0.1) is 15.1 Å². The minimum Gasteiger partial charge on any atom is -0.467 e. The van der Waals surface area contributed by atoms with Crippen LogP contribution in [0, 0.1) is 6.92 Å². The Labute approximate surface area is 210 Å². The third-order valence-corrected chi connectivity index (χ3v) is 8.76.